The van der Waals surface area contributed by atoms with E-state index in [0.29, 0.717) is 13.1 Å². The van der Waals surface area contributed by atoms with Crippen LogP contribution in [0.5, 0.6) is 0 Å². The average Bonchev–Trinajstić information content (AvgIpc) is 2.50. The van der Waals surface area contributed by atoms with E-state index in [1.807, 2.05) is 37.3 Å². The Hall–Kier alpha value is -2.24. The van der Waals surface area contributed by atoms with Crippen LogP contribution in [0.25, 0.3) is 0 Å². The number of benzene rings is 1. The third-order valence-electron chi connectivity index (χ3n) is 3.85. The van der Waals surface area contributed by atoms with E-state index < -0.39 is 17.6 Å². The molecular formula is C16H24N2O4. The van der Waals surface area contributed by atoms with Crippen LogP contribution in [0.2, 0.25) is 0 Å². The molecule has 0 unspecified atom stereocenters. The number of carbonyl (C=O) groups is 2. The van der Waals surface area contributed by atoms with Crippen LogP contribution in [-0.2, 0) is 5.41 Å². The van der Waals surface area contributed by atoms with Gasteiger partial charge >= 0.3 is 12.2 Å². The molecule has 1 aromatic carbocycles. The molecule has 1 aromatic rings. The van der Waals surface area contributed by atoms with Crippen molar-refractivity contribution in [2.45, 2.75) is 26.2 Å². The normalized spacial score (nSPS) is 11.0. The minimum atomic E-state index is -0.997. The van der Waals surface area contributed by atoms with Gasteiger partial charge in [0.2, 0.25) is 0 Å². The predicted molar refractivity (Wildman–Crippen MR) is 84.3 cm³/mol. The molecule has 0 fully saturated rings. The van der Waals surface area contributed by atoms with Gasteiger partial charge < -0.3 is 20.0 Å². The summed E-state index contributed by atoms with van der Waals surface area (Å²) in [5.41, 5.74) is 0.318. The second kappa shape index (κ2) is 7.68. The zero-order valence-corrected chi connectivity index (χ0v) is 13.3. The topological polar surface area (TPSA) is 81.1 Å². The fourth-order valence-electron chi connectivity index (χ4n) is 2.54. The Balaban J connectivity index is 3.14. The van der Waals surface area contributed by atoms with Crippen molar-refractivity contribution >= 4 is 12.2 Å². The molecule has 1 rings (SSSR count). The first kappa shape index (κ1) is 17.8. The Bertz CT molecular complexity index is 480. The van der Waals surface area contributed by atoms with Crippen molar-refractivity contribution in [1.82, 2.24) is 9.80 Å². The van der Waals surface area contributed by atoms with E-state index in [9.17, 15) is 19.8 Å². The van der Waals surface area contributed by atoms with E-state index in [2.05, 4.69) is 0 Å². The van der Waals surface area contributed by atoms with E-state index in [0.717, 1.165) is 5.56 Å². The minimum Gasteiger partial charge on any atom is -0.465 e. The van der Waals surface area contributed by atoms with Crippen molar-refractivity contribution in [1.29, 1.82) is 0 Å². The molecule has 0 radical (unpaired) electrons. The van der Waals surface area contributed by atoms with Gasteiger partial charge in [-0.2, -0.15) is 0 Å². The summed E-state index contributed by atoms with van der Waals surface area (Å²) < 4.78 is 0. The molecule has 6 nitrogen and oxygen atoms in total. The molecule has 0 heterocycles. The summed E-state index contributed by atoms with van der Waals surface area (Å²) in [6.45, 7) is 6.65. The smallest absolute Gasteiger partial charge is 0.407 e. The third-order valence-corrected chi connectivity index (χ3v) is 3.85. The van der Waals surface area contributed by atoms with Crippen molar-refractivity contribution in [3.05, 3.63) is 35.9 Å². The number of hydrogen-bond donors (Lipinski definition) is 2. The van der Waals surface area contributed by atoms with Gasteiger partial charge in [-0.1, -0.05) is 37.3 Å². The zero-order valence-electron chi connectivity index (χ0n) is 13.3. The summed E-state index contributed by atoms with van der Waals surface area (Å²) in [5.74, 6) is 0. The van der Waals surface area contributed by atoms with Crippen LogP contribution in [0.1, 0.15) is 26.3 Å². The second-order valence-corrected chi connectivity index (χ2v) is 5.52. The molecule has 0 spiro atoms. The quantitative estimate of drug-likeness (QED) is 0.811. The van der Waals surface area contributed by atoms with Gasteiger partial charge in [-0.05, 0) is 19.4 Å². The number of amides is 2. The van der Waals surface area contributed by atoms with Crippen molar-refractivity contribution < 1.29 is 19.8 Å². The lowest BCUT2D eigenvalue weighted by Gasteiger charge is -2.37. The fraction of sp³-hybridized carbons (Fsp3) is 0.500. The highest BCUT2D eigenvalue weighted by molar-refractivity contribution is 5.66. The molecule has 0 aliphatic heterocycles. The van der Waals surface area contributed by atoms with Crippen LogP contribution < -0.4 is 0 Å². The average molecular weight is 308 g/mol. The summed E-state index contributed by atoms with van der Waals surface area (Å²) in [4.78, 5) is 25.3. The maximum Gasteiger partial charge on any atom is 0.407 e. The molecule has 22 heavy (non-hydrogen) atoms. The van der Waals surface area contributed by atoms with E-state index in [1.165, 1.54) is 9.80 Å². The van der Waals surface area contributed by atoms with Crippen LogP contribution >= 0.6 is 0 Å². The Morgan fingerprint density at radius 2 is 1.36 bits per heavy atom. The Labute approximate surface area is 131 Å². The maximum atomic E-state index is 11.3. The molecule has 0 atom stereocenters. The van der Waals surface area contributed by atoms with Crippen LogP contribution in [0.4, 0.5) is 9.59 Å². The third kappa shape index (κ3) is 4.38. The molecule has 0 aliphatic rings. The SMILES string of the molecule is CCN(CC(C)(CN(CC)C(=O)O)c1ccccc1)C(=O)O. The largest absolute Gasteiger partial charge is 0.465 e. The fourth-order valence-corrected chi connectivity index (χ4v) is 2.54. The van der Waals surface area contributed by atoms with Crippen molar-refractivity contribution in [2.75, 3.05) is 26.2 Å². The highest BCUT2D eigenvalue weighted by Crippen LogP contribution is 2.26. The molecule has 122 valence electrons. The van der Waals surface area contributed by atoms with Crippen molar-refractivity contribution in [3.63, 3.8) is 0 Å². The number of nitrogens with zero attached hydrogens (tertiary/aromatic N) is 2. The standard InChI is InChI=1S/C16H24N2O4/c1-4-17(14(19)20)11-16(3,12-18(5-2)15(21)22)13-9-7-6-8-10-13/h6-10H,4-5,11-12H2,1-3H3,(H,19,20)(H,21,22). The molecule has 2 amide bonds. The van der Waals surface area contributed by atoms with Gasteiger partial charge in [-0.3, -0.25) is 0 Å². The van der Waals surface area contributed by atoms with Crippen molar-refractivity contribution in [3.8, 4) is 0 Å². The highest BCUT2D eigenvalue weighted by atomic mass is 16.4. The number of hydrogen-bond acceptors (Lipinski definition) is 2. The molecule has 6 heteroatoms. The Morgan fingerprint density at radius 1 is 0.955 bits per heavy atom. The molecule has 0 aliphatic carbocycles. The Kier molecular flexibility index (Phi) is 6.22. The van der Waals surface area contributed by atoms with Crippen LogP contribution in [0.3, 0.4) is 0 Å². The number of rotatable bonds is 7. The highest BCUT2D eigenvalue weighted by Gasteiger charge is 2.33. The van der Waals surface area contributed by atoms with Gasteiger partial charge in [0.25, 0.3) is 0 Å². The molecule has 0 saturated heterocycles. The molecule has 0 aromatic heterocycles. The lowest BCUT2D eigenvalue weighted by molar-refractivity contribution is 0.114. The van der Waals surface area contributed by atoms with Crippen LogP contribution in [-0.4, -0.2) is 58.4 Å². The minimum absolute atomic E-state index is 0.243. The first-order valence-corrected chi connectivity index (χ1v) is 7.35. The van der Waals surface area contributed by atoms with Gasteiger partial charge in [0.15, 0.2) is 0 Å². The van der Waals surface area contributed by atoms with Gasteiger partial charge in [0.05, 0.1) is 0 Å². The molecule has 2 N–H and O–H groups in total. The lowest BCUT2D eigenvalue weighted by Crippen LogP contribution is -2.49. The van der Waals surface area contributed by atoms with E-state index in [-0.39, 0.29) is 13.1 Å². The number of likely N-dealkylation sites (N-methyl/N-ethyl adjacent to an activating group) is 2. The lowest BCUT2D eigenvalue weighted by atomic mass is 9.81. The molecular weight excluding hydrogens is 284 g/mol. The zero-order chi connectivity index (χ0) is 16.8. The summed E-state index contributed by atoms with van der Waals surface area (Å²) in [6, 6.07) is 9.45. The number of carboxylic acid groups (broad SMARTS) is 2. The molecule has 0 bridgehead atoms. The maximum absolute atomic E-state index is 11.3. The van der Waals surface area contributed by atoms with E-state index in [1.54, 1.807) is 13.8 Å². The van der Waals surface area contributed by atoms with Gasteiger partial charge in [-0.15, -0.1) is 0 Å². The second-order valence-electron chi connectivity index (χ2n) is 5.52. The summed E-state index contributed by atoms with van der Waals surface area (Å²) in [6.07, 6.45) is -1.99. The van der Waals surface area contributed by atoms with Crippen LogP contribution in [0, 0.1) is 0 Å². The first-order valence-electron chi connectivity index (χ1n) is 7.35. The molecule has 0 saturated carbocycles. The summed E-state index contributed by atoms with van der Waals surface area (Å²) in [5, 5.41) is 18.6. The van der Waals surface area contributed by atoms with Crippen molar-refractivity contribution in [2.24, 2.45) is 0 Å². The van der Waals surface area contributed by atoms with E-state index in [4.69, 9.17) is 0 Å². The van der Waals surface area contributed by atoms with Gasteiger partial charge in [0.1, 0.15) is 0 Å². The van der Waals surface area contributed by atoms with E-state index >= 15 is 0 Å². The van der Waals surface area contributed by atoms with Gasteiger partial charge in [-0.25, -0.2) is 9.59 Å². The predicted octanol–water partition coefficient (Wildman–Crippen LogP) is 2.94. The Morgan fingerprint density at radius 3 is 1.68 bits per heavy atom. The monoisotopic (exact) mass is 308 g/mol. The first-order chi connectivity index (χ1) is 10.3. The summed E-state index contributed by atoms with van der Waals surface area (Å²) in [7, 11) is 0. The van der Waals surface area contributed by atoms with Gasteiger partial charge in [0, 0.05) is 31.6 Å². The van der Waals surface area contributed by atoms with Crippen LogP contribution in [0.15, 0.2) is 30.3 Å². The summed E-state index contributed by atoms with van der Waals surface area (Å²) >= 11 is 0.